The van der Waals surface area contributed by atoms with Crippen LogP contribution in [-0.2, 0) is 11.2 Å². The SMILES string of the molecule is CNCC(C)C(=O)NCCCc1nc(-c2ccncc2)cs1.Cl.Cl. The van der Waals surface area contributed by atoms with E-state index in [0.717, 1.165) is 29.1 Å². The van der Waals surface area contributed by atoms with Crippen LogP contribution in [0.25, 0.3) is 11.3 Å². The average molecular weight is 391 g/mol. The Hall–Kier alpha value is -1.21. The van der Waals surface area contributed by atoms with Crippen LogP contribution in [0.3, 0.4) is 0 Å². The van der Waals surface area contributed by atoms with Crippen molar-refractivity contribution in [3.8, 4) is 11.3 Å². The first-order valence-electron chi connectivity index (χ1n) is 7.48. The molecular formula is C16H24Cl2N4OS. The van der Waals surface area contributed by atoms with Crippen molar-refractivity contribution in [1.29, 1.82) is 0 Å². The molecule has 0 saturated heterocycles. The predicted molar refractivity (Wildman–Crippen MR) is 104 cm³/mol. The van der Waals surface area contributed by atoms with Crippen molar-refractivity contribution in [2.24, 2.45) is 5.92 Å². The van der Waals surface area contributed by atoms with E-state index in [0.29, 0.717) is 13.1 Å². The molecule has 24 heavy (non-hydrogen) atoms. The number of rotatable bonds is 8. The Morgan fingerprint density at radius 1 is 1.29 bits per heavy atom. The molecule has 0 aliphatic rings. The second-order valence-corrected chi connectivity index (χ2v) is 6.16. The van der Waals surface area contributed by atoms with Crippen molar-refractivity contribution >= 4 is 42.1 Å². The number of pyridine rings is 1. The Labute approximate surface area is 159 Å². The molecule has 1 amide bonds. The van der Waals surface area contributed by atoms with Crippen molar-refractivity contribution < 1.29 is 4.79 Å². The lowest BCUT2D eigenvalue weighted by Crippen LogP contribution is -2.34. The highest BCUT2D eigenvalue weighted by Crippen LogP contribution is 2.21. The molecule has 0 aliphatic carbocycles. The van der Waals surface area contributed by atoms with Crippen LogP contribution >= 0.6 is 36.2 Å². The van der Waals surface area contributed by atoms with Crippen molar-refractivity contribution in [2.75, 3.05) is 20.1 Å². The van der Waals surface area contributed by atoms with Crippen molar-refractivity contribution in [3.05, 3.63) is 34.9 Å². The van der Waals surface area contributed by atoms with Crippen LogP contribution in [0.2, 0.25) is 0 Å². The van der Waals surface area contributed by atoms with Gasteiger partial charge < -0.3 is 10.6 Å². The third-order valence-corrected chi connectivity index (χ3v) is 4.26. The van der Waals surface area contributed by atoms with E-state index in [2.05, 4.69) is 26.0 Å². The number of carbonyl (C=O) groups excluding carboxylic acids is 1. The molecule has 2 aromatic heterocycles. The Kier molecular flexibility index (Phi) is 11.6. The molecule has 0 aliphatic heterocycles. The molecule has 2 rings (SSSR count). The summed E-state index contributed by atoms with van der Waals surface area (Å²) in [6, 6.07) is 3.92. The zero-order valence-electron chi connectivity index (χ0n) is 13.8. The van der Waals surface area contributed by atoms with Crippen molar-refractivity contribution in [3.63, 3.8) is 0 Å². The van der Waals surface area contributed by atoms with Gasteiger partial charge in [-0.1, -0.05) is 6.92 Å². The molecule has 0 spiro atoms. The second kappa shape index (κ2) is 12.2. The first-order chi connectivity index (χ1) is 10.7. The van der Waals surface area contributed by atoms with Crippen LogP contribution in [0.15, 0.2) is 29.9 Å². The molecule has 134 valence electrons. The molecule has 8 heteroatoms. The Morgan fingerprint density at radius 2 is 2.00 bits per heavy atom. The van der Waals surface area contributed by atoms with Gasteiger partial charge in [0.25, 0.3) is 0 Å². The maximum absolute atomic E-state index is 11.8. The normalized spacial score (nSPS) is 11.1. The van der Waals surface area contributed by atoms with Crippen LogP contribution in [-0.4, -0.2) is 36.0 Å². The van der Waals surface area contributed by atoms with Gasteiger partial charge in [-0.15, -0.1) is 36.2 Å². The van der Waals surface area contributed by atoms with Gasteiger partial charge in [-0.3, -0.25) is 9.78 Å². The Balaban J connectivity index is 0.00000264. The van der Waals surface area contributed by atoms with Crippen LogP contribution in [0.4, 0.5) is 0 Å². The van der Waals surface area contributed by atoms with E-state index in [-0.39, 0.29) is 36.6 Å². The number of nitrogens with one attached hydrogen (secondary N) is 2. The highest BCUT2D eigenvalue weighted by atomic mass is 35.5. The van der Waals surface area contributed by atoms with Crippen molar-refractivity contribution in [2.45, 2.75) is 19.8 Å². The smallest absolute Gasteiger partial charge is 0.224 e. The summed E-state index contributed by atoms with van der Waals surface area (Å²) in [6.07, 6.45) is 5.34. The fraction of sp³-hybridized carbons (Fsp3) is 0.438. The highest BCUT2D eigenvalue weighted by Gasteiger charge is 2.10. The summed E-state index contributed by atoms with van der Waals surface area (Å²) in [5, 5.41) is 9.14. The minimum atomic E-state index is 0. The number of carbonyl (C=O) groups is 1. The van der Waals surface area contributed by atoms with Gasteiger partial charge in [0, 0.05) is 48.8 Å². The number of amides is 1. The van der Waals surface area contributed by atoms with Gasteiger partial charge >= 0.3 is 0 Å². The highest BCUT2D eigenvalue weighted by molar-refractivity contribution is 7.09. The third-order valence-electron chi connectivity index (χ3n) is 3.35. The summed E-state index contributed by atoms with van der Waals surface area (Å²) >= 11 is 1.66. The molecule has 1 atom stereocenters. The van der Waals surface area contributed by atoms with E-state index in [1.165, 1.54) is 0 Å². The molecule has 0 fully saturated rings. The van der Waals surface area contributed by atoms with E-state index < -0.39 is 0 Å². The van der Waals surface area contributed by atoms with Crippen LogP contribution in [0, 0.1) is 5.92 Å². The second-order valence-electron chi connectivity index (χ2n) is 5.22. The van der Waals surface area contributed by atoms with Crippen LogP contribution in [0.5, 0.6) is 0 Å². The van der Waals surface area contributed by atoms with Crippen LogP contribution < -0.4 is 10.6 Å². The van der Waals surface area contributed by atoms with Crippen molar-refractivity contribution in [1.82, 2.24) is 20.6 Å². The van der Waals surface area contributed by atoms with Crippen LogP contribution in [0.1, 0.15) is 18.4 Å². The molecule has 0 saturated carbocycles. The summed E-state index contributed by atoms with van der Waals surface area (Å²) in [5.41, 5.74) is 2.08. The number of hydrogen-bond acceptors (Lipinski definition) is 5. The third kappa shape index (κ3) is 7.13. The topological polar surface area (TPSA) is 66.9 Å². The molecule has 1 unspecified atom stereocenters. The number of thiazole rings is 1. The monoisotopic (exact) mass is 390 g/mol. The lowest BCUT2D eigenvalue weighted by atomic mass is 10.1. The Bertz CT molecular complexity index is 595. The molecule has 2 aromatic rings. The summed E-state index contributed by atoms with van der Waals surface area (Å²) in [4.78, 5) is 20.4. The van der Waals surface area contributed by atoms with Gasteiger partial charge in [-0.05, 0) is 25.6 Å². The summed E-state index contributed by atoms with van der Waals surface area (Å²) in [6.45, 7) is 3.32. The number of aromatic nitrogens is 2. The lowest BCUT2D eigenvalue weighted by molar-refractivity contribution is -0.124. The summed E-state index contributed by atoms with van der Waals surface area (Å²) in [5.74, 6) is 0.106. The lowest BCUT2D eigenvalue weighted by Gasteiger charge is -2.10. The van der Waals surface area contributed by atoms with E-state index in [1.54, 1.807) is 23.7 Å². The summed E-state index contributed by atoms with van der Waals surface area (Å²) < 4.78 is 0. The first-order valence-corrected chi connectivity index (χ1v) is 8.35. The number of aryl methyl sites for hydroxylation is 1. The molecular weight excluding hydrogens is 367 g/mol. The van der Waals surface area contributed by atoms with E-state index in [9.17, 15) is 4.79 Å². The maximum Gasteiger partial charge on any atom is 0.224 e. The molecule has 0 bridgehead atoms. The number of nitrogens with zero attached hydrogens (tertiary/aromatic N) is 2. The van der Waals surface area contributed by atoms with Gasteiger partial charge in [-0.25, -0.2) is 4.98 Å². The maximum atomic E-state index is 11.8. The zero-order valence-corrected chi connectivity index (χ0v) is 16.3. The molecule has 5 nitrogen and oxygen atoms in total. The fourth-order valence-electron chi connectivity index (χ4n) is 2.11. The molecule has 0 aromatic carbocycles. The fourth-order valence-corrected chi connectivity index (χ4v) is 2.95. The predicted octanol–water partition coefficient (Wildman–Crippen LogP) is 2.95. The molecule has 0 radical (unpaired) electrons. The van der Waals surface area contributed by atoms with Gasteiger partial charge in [0.2, 0.25) is 5.91 Å². The van der Waals surface area contributed by atoms with E-state index in [1.807, 2.05) is 26.1 Å². The van der Waals surface area contributed by atoms with Gasteiger partial charge in [0.1, 0.15) is 0 Å². The minimum absolute atomic E-state index is 0. The van der Waals surface area contributed by atoms with E-state index in [4.69, 9.17) is 0 Å². The number of halogens is 2. The van der Waals surface area contributed by atoms with Gasteiger partial charge in [-0.2, -0.15) is 0 Å². The van der Waals surface area contributed by atoms with Gasteiger partial charge in [0.05, 0.1) is 10.7 Å². The minimum Gasteiger partial charge on any atom is -0.356 e. The molecule has 2 N–H and O–H groups in total. The van der Waals surface area contributed by atoms with E-state index >= 15 is 0 Å². The Morgan fingerprint density at radius 3 is 2.67 bits per heavy atom. The first kappa shape index (κ1) is 22.8. The molecule has 2 heterocycles. The largest absolute Gasteiger partial charge is 0.356 e. The summed E-state index contributed by atoms with van der Waals surface area (Å²) in [7, 11) is 1.85. The quantitative estimate of drug-likeness (QED) is 0.679. The average Bonchev–Trinajstić information content (AvgIpc) is 3.01. The van der Waals surface area contributed by atoms with Gasteiger partial charge in [0.15, 0.2) is 0 Å². The standard InChI is InChI=1S/C16H22N4OS.2ClH/c1-12(10-17-2)16(21)19-7-3-4-15-20-14(11-22-15)13-5-8-18-9-6-13;;/h5-6,8-9,11-12,17H,3-4,7,10H2,1-2H3,(H,19,21);2*1H. The number of hydrogen-bond donors (Lipinski definition) is 2. The zero-order chi connectivity index (χ0) is 15.8.